The van der Waals surface area contributed by atoms with Gasteiger partial charge in [0.05, 0.1) is 17.6 Å². The average Bonchev–Trinajstić information content (AvgIpc) is 2.40. The molecule has 1 aromatic carbocycles. The molecule has 1 aromatic rings. The molecular weight excluding hydrogens is 306 g/mol. The van der Waals surface area contributed by atoms with Crippen LogP contribution >= 0.6 is 0 Å². The monoisotopic (exact) mass is 318 g/mol. The van der Waals surface area contributed by atoms with Gasteiger partial charge in [0.15, 0.2) is 11.6 Å². The summed E-state index contributed by atoms with van der Waals surface area (Å²) < 4.78 is 52.0. The fourth-order valence-electron chi connectivity index (χ4n) is 1.57. The maximum absolute atomic E-state index is 13.7. The number of aromatic carboxylic acids is 1. The minimum atomic E-state index is -4.45. The number of nitrogens with zero attached hydrogens (tertiary/aromatic N) is 2. The topological polar surface area (TPSA) is 98.5 Å². The van der Waals surface area contributed by atoms with Gasteiger partial charge in [-0.1, -0.05) is 0 Å². The summed E-state index contributed by atoms with van der Waals surface area (Å²) >= 11 is 0. The Bertz CT molecular complexity index is 713. The van der Waals surface area contributed by atoms with E-state index >= 15 is 0 Å². The summed E-state index contributed by atoms with van der Waals surface area (Å²) in [6.45, 7) is 1.22. The highest BCUT2D eigenvalue weighted by molar-refractivity contribution is 7.89. The minimum Gasteiger partial charge on any atom is -0.478 e. The van der Waals surface area contributed by atoms with Crippen LogP contribution in [0.15, 0.2) is 17.0 Å². The number of carboxylic acid groups (broad SMARTS) is 1. The molecule has 0 bridgehead atoms. The molecule has 0 saturated carbocycles. The van der Waals surface area contributed by atoms with Gasteiger partial charge in [0.25, 0.3) is 0 Å². The summed E-state index contributed by atoms with van der Waals surface area (Å²) in [6, 6.07) is 2.75. The van der Waals surface area contributed by atoms with Gasteiger partial charge in [-0.3, -0.25) is 0 Å². The third-order valence-electron chi connectivity index (χ3n) is 2.68. The van der Waals surface area contributed by atoms with E-state index in [0.29, 0.717) is 16.4 Å². The molecule has 0 saturated heterocycles. The van der Waals surface area contributed by atoms with Gasteiger partial charge in [0, 0.05) is 13.6 Å². The second-order valence-corrected chi connectivity index (χ2v) is 6.40. The standard InChI is InChI=1S/C12H12F2N2O4S/c1-7(5-15)6-16(2)21(19,20)10-4-8(12(17)18)3-9(13)11(10)14/h3-4,7H,6H2,1-2H3,(H,17,18). The first-order valence-corrected chi connectivity index (χ1v) is 7.13. The third-order valence-corrected chi connectivity index (χ3v) is 4.50. The second kappa shape index (κ2) is 6.15. The Morgan fingerprint density at radius 2 is 2.05 bits per heavy atom. The van der Waals surface area contributed by atoms with Crippen molar-refractivity contribution in [3.05, 3.63) is 29.3 Å². The van der Waals surface area contributed by atoms with Gasteiger partial charge in [-0.05, 0) is 19.1 Å². The van der Waals surface area contributed by atoms with Crippen molar-refractivity contribution < 1.29 is 27.1 Å². The van der Waals surface area contributed by atoms with Crippen LogP contribution < -0.4 is 0 Å². The number of sulfonamides is 1. The van der Waals surface area contributed by atoms with Gasteiger partial charge >= 0.3 is 5.97 Å². The zero-order valence-corrected chi connectivity index (χ0v) is 12.0. The van der Waals surface area contributed by atoms with E-state index in [1.54, 1.807) is 6.07 Å². The zero-order valence-electron chi connectivity index (χ0n) is 11.2. The lowest BCUT2D eigenvalue weighted by Crippen LogP contribution is -2.31. The molecular formula is C12H12F2N2O4S. The number of nitriles is 1. The highest BCUT2D eigenvalue weighted by Crippen LogP contribution is 2.23. The Labute approximate surface area is 120 Å². The largest absolute Gasteiger partial charge is 0.478 e. The molecule has 0 aliphatic heterocycles. The molecule has 0 heterocycles. The predicted octanol–water partition coefficient (Wildman–Crippen LogP) is 1.44. The summed E-state index contributed by atoms with van der Waals surface area (Å²) in [6.07, 6.45) is 0. The van der Waals surface area contributed by atoms with E-state index in [1.165, 1.54) is 6.92 Å². The summed E-state index contributed by atoms with van der Waals surface area (Å²) in [5.41, 5.74) is -0.686. The van der Waals surface area contributed by atoms with Gasteiger partial charge < -0.3 is 5.11 Å². The molecule has 114 valence electrons. The molecule has 21 heavy (non-hydrogen) atoms. The fraction of sp³-hybridized carbons (Fsp3) is 0.333. The van der Waals surface area contributed by atoms with Crippen LogP contribution in [-0.2, 0) is 10.0 Å². The molecule has 0 aliphatic carbocycles. The van der Waals surface area contributed by atoms with Gasteiger partial charge in [-0.25, -0.2) is 22.0 Å². The van der Waals surface area contributed by atoms with Crippen LogP contribution in [0.2, 0.25) is 0 Å². The first-order valence-electron chi connectivity index (χ1n) is 5.69. The lowest BCUT2D eigenvalue weighted by Gasteiger charge is -2.19. The Balaban J connectivity index is 3.38. The predicted molar refractivity (Wildman–Crippen MR) is 67.9 cm³/mol. The molecule has 0 radical (unpaired) electrons. The maximum atomic E-state index is 13.7. The average molecular weight is 318 g/mol. The normalized spacial score (nSPS) is 13.0. The van der Waals surface area contributed by atoms with Crippen molar-refractivity contribution in [1.29, 1.82) is 5.26 Å². The van der Waals surface area contributed by atoms with Crippen molar-refractivity contribution in [2.45, 2.75) is 11.8 Å². The van der Waals surface area contributed by atoms with Gasteiger partial charge in [-0.15, -0.1) is 0 Å². The van der Waals surface area contributed by atoms with E-state index in [-0.39, 0.29) is 6.54 Å². The van der Waals surface area contributed by atoms with Gasteiger partial charge in [0.2, 0.25) is 10.0 Å². The van der Waals surface area contributed by atoms with Crippen molar-refractivity contribution in [3.63, 3.8) is 0 Å². The van der Waals surface area contributed by atoms with E-state index in [2.05, 4.69) is 0 Å². The zero-order chi connectivity index (χ0) is 16.4. The number of hydrogen-bond donors (Lipinski definition) is 1. The Morgan fingerprint density at radius 1 is 1.48 bits per heavy atom. The molecule has 0 spiro atoms. The van der Waals surface area contributed by atoms with Gasteiger partial charge in [0.1, 0.15) is 4.90 Å². The minimum absolute atomic E-state index is 0.239. The summed E-state index contributed by atoms with van der Waals surface area (Å²) in [5, 5.41) is 17.4. The molecule has 1 atom stereocenters. The van der Waals surface area contributed by atoms with E-state index in [0.717, 1.165) is 7.05 Å². The van der Waals surface area contributed by atoms with E-state index in [4.69, 9.17) is 10.4 Å². The van der Waals surface area contributed by atoms with Gasteiger partial charge in [-0.2, -0.15) is 9.57 Å². The Kier molecular flexibility index (Phi) is 4.98. The van der Waals surface area contributed by atoms with E-state index in [9.17, 15) is 22.0 Å². The lowest BCUT2D eigenvalue weighted by atomic mass is 10.2. The van der Waals surface area contributed by atoms with Crippen LogP contribution in [0.1, 0.15) is 17.3 Å². The molecule has 1 unspecified atom stereocenters. The summed E-state index contributed by atoms with van der Waals surface area (Å²) in [5.74, 6) is -5.48. The summed E-state index contributed by atoms with van der Waals surface area (Å²) in [4.78, 5) is 9.72. The SMILES string of the molecule is CC(C#N)CN(C)S(=O)(=O)c1cc(C(=O)O)cc(F)c1F. The molecule has 1 rings (SSSR count). The van der Waals surface area contributed by atoms with Crippen molar-refractivity contribution in [1.82, 2.24) is 4.31 Å². The first-order chi connectivity index (χ1) is 9.61. The number of carbonyl (C=O) groups is 1. The molecule has 0 aromatic heterocycles. The Morgan fingerprint density at radius 3 is 2.52 bits per heavy atom. The van der Waals surface area contributed by atoms with E-state index in [1.807, 2.05) is 0 Å². The first kappa shape index (κ1) is 17.0. The molecule has 6 nitrogen and oxygen atoms in total. The van der Waals surface area contributed by atoms with Crippen LogP contribution in [0, 0.1) is 28.9 Å². The van der Waals surface area contributed by atoms with Crippen molar-refractivity contribution >= 4 is 16.0 Å². The van der Waals surface area contributed by atoms with Crippen molar-refractivity contribution in [3.8, 4) is 6.07 Å². The smallest absolute Gasteiger partial charge is 0.335 e. The Hall–Kier alpha value is -2.05. The molecule has 0 aliphatic rings. The maximum Gasteiger partial charge on any atom is 0.335 e. The van der Waals surface area contributed by atoms with Crippen molar-refractivity contribution in [2.24, 2.45) is 5.92 Å². The highest BCUT2D eigenvalue weighted by atomic mass is 32.2. The fourth-order valence-corrected chi connectivity index (χ4v) is 2.92. The van der Waals surface area contributed by atoms with Crippen LogP contribution in [0.25, 0.3) is 0 Å². The van der Waals surface area contributed by atoms with Crippen LogP contribution in [0.4, 0.5) is 8.78 Å². The molecule has 1 N–H and O–H groups in total. The molecule has 0 fully saturated rings. The lowest BCUT2D eigenvalue weighted by molar-refractivity contribution is 0.0696. The van der Waals surface area contributed by atoms with Crippen LogP contribution in [-0.4, -0.2) is 37.4 Å². The number of halogens is 2. The number of rotatable bonds is 5. The van der Waals surface area contributed by atoms with E-state index < -0.39 is 44.0 Å². The quantitative estimate of drug-likeness (QED) is 0.886. The van der Waals surface area contributed by atoms with Crippen LogP contribution in [0.3, 0.4) is 0 Å². The summed E-state index contributed by atoms with van der Waals surface area (Å²) in [7, 11) is -3.36. The number of benzene rings is 1. The van der Waals surface area contributed by atoms with Crippen LogP contribution in [0.5, 0.6) is 0 Å². The number of carboxylic acids is 1. The highest BCUT2D eigenvalue weighted by Gasteiger charge is 2.29. The third kappa shape index (κ3) is 3.53. The molecule has 9 heteroatoms. The molecule has 0 amide bonds. The van der Waals surface area contributed by atoms with Crippen molar-refractivity contribution in [2.75, 3.05) is 13.6 Å². The second-order valence-electron chi connectivity index (χ2n) is 4.39. The number of hydrogen-bond acceptors (Lipinski definition) is 4.